The SMILES string of the molecule is CSCCNC(=NCc1ccccc1CN1CCC(O)C1)NCCc1ccco1.I. The number of aliphatic imine (C=N–C) groups is 1. The Morgan fingerprint density at radius 2 is 2.00 bits per heavy atom. The van der Waals surface area contributed by atoms with Gasteiger partial charge in [0.2, 0.25) is 0 Å². The lowest BCUT2D eigenvalue weighted by molar-refractivity contribution is 0.174. The van der Waals surface area contributed by atoms with Crippen LogP contribution in [0.5, 0.6) is 0 Å². The van der Waals surface area contributed by atoms with E-state index in [-0.39, 0.29) is 30.1 Å². The van der Waals surface area contributed by atoms with Gasteiger partial charge in [0.15, 0.2) is 5.96 Å². The van der Waals surface area contributed by atoms with Crippen LogP contribution in [0.3, 0.4) is 0 Å². The molecule has 30 heavy (non-hydrogen) atoms. The van der Waals surface area contributed by atoms with Crippen LogP contribution in [0.15, 0.2) is 52.1 Å². The Morgan fingerprint density at radius 3 is 2.70 bits per heavy atom. The molecule has 3 N–H and O–H groups in total. The third-order valence-corrected chi connectivity index (χ3v) is 5.62. The van der Waals surface area contributed by atoms with E-state index in [2.05, 4.69) is 46.1 Å². The van der Waals surface area contributed by atoms with Crippen molar-refractivity contribution in [1.82, 2.24) is 15.5 Å². The number of furan rings is 1. The van der Waals surface area contributed by atoms with Crippen molar-refractivity contribution in [2.75, 3.05) is 38.2 Å². The molecule has 6 nitrogen and oxygen atoms in total. The zero-order valence-corrected chi connectivity index (χ0v) is 20.7. The summed E-state index contributed by atoms with van der Waals surface area (Å²) in [7, 11) is 0. The molecular formula is C22H33IN4O2S. The molecule has 0 bridgehead atoms. The minimum absolute atomic E-state index is 0. The lowest BCUT2D eigenvalue weighted by Gasteiger charge is -2.17. The number of guanidine groups is 1. The average molecular weight is 545 g/mol. The van der Waals surface area contributed by atoms with Crippen LogP contribution in [0.25, 0.3) is 0 Å². The summed E-state index contributed by atoms with van der Waals surface area (Å²) in [6.07, 6.45) is 5.31. The Balaban J connectivity index is 0.00000320. The molecule has 1 aliphatic heterocycles. The lowest BCUT2D eigenvalue weighted by Crippen LogP contribution is -2.39. The minimum atomic E-state index is -0.189. The second-order valence-corrected chi connectivity index (χ2v) is 8.27. The Labute approximate surface area is 200 Å². The van der Waals surface area contributed by atoms with E-state index in [1.54, 1.807) is 6.26 Å². The van der Waals surface area contributed by atoms with E-state index < -0.39 is 0 Å². The Hall–Kier alpha value is -1.23. The van der Waals surface area contributed by atoms with E-state index in [1.807, 2.05) is 23.9 Å². The Kier molecular flexibility index (Phi) is 11.6. The molecule has 1 aromatic heterocycles. The molecule has 0 saturated carbocycles. The van der Waals surface area contributed by atoms with Gasteiger partial charge in [-0.05, 0) is 35.9 Å². The summed E-state index contributed by atoms with van der Waals surface area (Å²) in [6.45, 7) is 4.85. The number of benzene rings is 1. The van der Waals surface area contributed by atoms with Gasteiger partial charge in [0, 0.05) is 44.9 Å². The van der Waals surface area contributed by atoms with Gasteiger partial charge in [-0.15, -0.1) is 24.0 Å². The average Bonchev–Trinajstić information content (AvgIpc) is 3.38. The Bertz CT molecular complexity index is 757. The fourth-order valence-corrected chi connectivity index (χ4v) is 3.74. The molecule has 2 aromatic rings. The molecule has 1 saturated heterocycles. The van der Waals surface area contributed by atoms with E-state index in [4.69, 9.17) is 9.41 Å². The molecular weight excluding hydrogens is 511 g/mol. The largest absolute Gasteiger partial charge is 0.469 e. The van der Waals surface area contributed by atoms with E-state index >= 15 is 0 Å². The summed E-state index contributed by atoms with van der Waals surface area (Å²) in [4.78, 5) is 7.13. The number of nitrogens with zero attached hydrogens (tertiary/aromatic N) is 2. The van der Waals surface area contributed by atoms with Crippen LogP contribution < -0.4 is 10.6 Å². The van der Waals surface area contributed by atoms with Gasteiger partial charge in [-0.25, -0.2) is 4.99 Å². The molecule has 1 aliphatic rings. The highest BCUT2D eigenvalue weighted by molar-refractivity contribution is 14.0. The molecule has 1 atom stereocenters. The molecule has 1 fully saturated rings. The van der Waals surface area contributed by atoms with Gasteiger partial charge in [0.25, 0.3) is 0 Å². The first-order valence-electron chi connectivity index (χ1n) is 10.3. The highest BCUT2D eigenvalue weighted by Crippen LogP contribution is 2.17. The fourth-order valence-electron chi connectivity index (χ4n) is 3.43. The van der Waals surface area contributed by atoms with Crippen molar-refractivity contribution in [2.45, 2.75) is 32.0 Å². The number of aliphatic hydroxyl groups excluding tert-OH is 1. The fraction of sp³-hybridized carbons (Fsp3) is 0.500. The first-order valence-corrected chi connectivity index (χ1v) is 11.6. The second-order valence-electron chi connectivity index (χ2n) is 7.29. The molecule has 3 rings (SSSR count). The number of nitrogens with one attached hydrogen (secondary N) is 2. The lowest BCUT2D eigenvalue weighted by atomic mass is 10.1. The van der Waals surface area contributed by atoms with E-state index in [1.165, 1.54) is 11.1 Å². The summed E-state index contributed by atoms with van der Waals surface area (Å²) in [5.74, 6) is 2.84. The molecule has 0 radical (unpaired) electrons. The number of β-amino-alcohol motifs (C(OH)–C–C–N with tert-alkyl or cyclic N) is 1. The van der Waals surface area contributed by atoms with Gasteiger partial charge in [-0.3, -0.25) is 4.90 Å². The number of aliphatic hydroxyl groups is 1. The standard InChI is InChI=1S/C22H32N4O2S.HI/c1-29-14-11-24-22(23-10-8-21-7-4-13-28-21)25-15-18-5-2-3-6-19(18)16-26-12-9-20(27)17-26;/h2-7,13,20,27H,8-12,14-17H2,1H3,(H2,23,24,25);1H. The zero-order chi connectivity index (χ0) is 20.3. The van der Waals surface area contributed by atoms with Gasteiger partial charge in [0.05, 0.1) is 18.9 Å². The number of hydrogen-bond acceptors (Lipinski definition) is 5. The van der Waals surface area contributed by atoms with E-state index in [0.717, 1.165) is 63.0 Å². The van der Waals surface area contributed by atoms with E-state index in [0.29, 0.717) is 6.54 Å². The van der Waals surface area contributed by atoms with Crippen LogP contribution in [-0.2, 0) is 19.5 Å². The third-order valence-electron chi connectivity index (χ3n) is 5.01. The molecule has 1 unspecified atom stereocenters. The topological polar surface area (TPSA) is 73.0 Å². The first kappa shape index (κ1) is 25.0. The highest BCUT2D eigenvalue weighted by atomic mass is 127. The number of thioether (sulfide) groups is 1. The van der Waals surface area contributed by atoms with Crippen molar-refractivity contribution in [3.05, 3.63) is 59.5 Å². The number of halogens is 1. The molecule has 8 heteroatoms. The monoisotopic (exact) mass is 544 g/mol. The predicted octanol–water partition coefficient (Wildman–Crippen LogP) is 3.11. The maximum Gasteiger partial charge on any atom is 0.191 e. The minimum Gasteiger partial charge on any atom is -0.469 e. The number of rotatable bonds is 10. The number of hydrogen-bond donors (Lipinski definition) is 3. The highest BCUT2D eigenvalue weighted by Gasteiger charge is 2.20. The van der Waals surface area contributed by atoms with Crippen molar-refractivity contribution in [3.63, 3.8) is 0 Å². The maximum atomic E-state index is 9.79. The maximum absolute atomic E-state index is 9.79. The molecule has 0 amide bonds. The van der Waals surface area contributed by atoms with Crippen molar-refractivity contribution in [1.29, 1.82) is 0 Å². The summed E-state index contributed by atoms with van der Waals surface area (Å²) in [6, 6.07) is 12.4. The summed E-state index contributed by atoms with van der Waals surface area (Å²) in [5, 5.41) is 16.6. The molecule has 0 spiro atoms. The molecule has 166 valence electrons. The van der Waals surface area contributed by atoms with Crippen molar-refractivity contribution in [3.8, 4) is 0 Å². The van der Waals surface area contributed by atoms with Gasteiger partial charge in [-0.1, -0.05) is 24.3 Å². The van der Waals surface area contributed by atoms with Crippen LogP contribution in [0.1, 0.15) is 23.3 Å². The normalized spacial score (nSPS) is 17.0. The third kappa shape index (κ3) is 8.49. The van der Waals surface area contributed by atoms with Crippen molar-refractivity contribution < 1.29 is 9.52 Å². The van der Waals surface area contributed by atoms with Gasteiger partial charge >= 0.3 is 0 Å². The first-order chi connectivity index (χ1) is 14.2. The van der Waals surface area contributed by atoms with Gasteiger partial charge in [-0.2, -0.15) is 11.8 Å². The summed E-state index contributed by atoms with van der Waals surface area (Å²) in [5.41, 5.74) is 2.51. The molecule has 0 aliphatic carbocycles. The summed E-state index contributed by atoms with van der Waals surface area (Å²) < 4.78 is 5.40. The van der Waals surface area contributed by atoms with E-state index in [9.17, 15) is 5.11 Å². The van der Waals surface area contributed by atoms with Gasteiger partial charge in [0.1, 0.15) is 5.76 Å². The quantitative estimate of drug-likeness (QED) is 0.185. The Morgan fingerprint density at radius 1 is 1.20 bits per heavy atom. The van der Waals surface area contributed by atoms with Crippen molar-refractivity contribution >= 4 is 41.7 Å². The van der Waals surface area contributed by atoms with Crippen LogP contribution in [-0.4, -0.2) is 60.3 Å². The van der Waals surface area contributed by atoms with Gasteiger partial charge < -0.3 is 20.2 Å². The summed E-state index contributed by atoms with van der Waals surface area (Å²) >= 11 is 1.81. The molecule has 2 heterocycles. The van der Waals surface area contributed by atoms with Crippen LogP contribution in [0.4, 0.5) is 0 Å². The number of likely N-dealkylation sites (tertiary alicyclic amines) is 1. The van der Waals surface area contributed by atoms with Crippen molar-refractivity contribution in [2.24, 2.45) is 4.99 Å². The van der Waals surface area contributed by atoms with Crippen LogP contribution in [0.2, 0.25) is 0 Å². The zero-order valence-electron chi connectivity index (χ0n) is 17.5. The molecule has 1 aromatic carbocycles. The van der Waals surface area contributed by atoms with Crippen LogP contribution in [0, 0.1) is 0 Å². The predicted molar refractivity (Wildman–Crippen MR) is 136 cm³/mol. The second kappa shape index (κ2) is 14.0. The van der Waals surface area contributed by atoms with Crippen LogP contribution >= 0.6 is 35.7 Å². The smallest absolute Gasteiger partial charge is 0.191 e.